The highest BCUT2D eigenvalue weighted by molar-refractivity contribution is 9.24. The van der Waals surface area contributed by atoms with Crippen molar-refractivity contribution < 1.29 is 5.11 Å². The van der Waals surface area contributed by atoms with E-state index in [9.17, 15) is 5.11 Å². The number of halogens is 4. The fraction of sp³-hybridized carbons (Fsp3) is 1.00. The molecule has 2 saturated carbocycles. The Morgan fingerprint density at radius 1 is 1.27 bits per heavy atom. The van der Waals surface area contributed by atoms with E-state index in [0.29, 0.717) is 0 Å². The van der Waals surface area contributed by atoms with Crippen LogP contribution in [0.1, 0.15) is 26.7 Å². The molecule has 0 saturated heterocycles. The Hall–Kier alpha value is 1.88. The number of rotatable bonds is 1. The van der Waals surface area contributed by atoms with Gasteiger partial charge in [-0.3, -0.25) is 0 Å². The van der Waals surface area contributed by atoms with Crippen molar-refractivity contribution in [3.63, 3.8) is 0 Å². The van der Waals surface area contributed by atoms with Gasteiger partial charge >= 0.3 is 0 Å². The van der Waals surface area contributed by atoms with Crippen LogP contribution in [-0.2, 0) is 0 Å². The van der Waals surface area contributed by atoms with Gasteiger partial charge in [-0.05, 0) is 12.8 Å². The third kappa shape index (κ3) is 1.33. The van der Waals surface area contributed by atoms with E-state index in [1.54, 1.807) is 0 Å². The normalized spacial score (nSPS) is 52.8. The summed E-state index contributed by atoms with van der Waals surface area (Å²) in [6, 6.07) is 0. The fourth-order valence-electron chi connectivity index (χ4n) is 3.36. The highest BCUT2D eigenvalue weighted by Gasteiger charge is 2.75. The highest BCUT2D eigenvalue weighted by atomic mass is 79.9. The monoisotopic (exact) mass is 466 g/mol. The molecular weight excluding hydrogens is 456 g/mol. The van der Waals surface area contributed by atoms with Crippen molar-refractivity contribution in [3.8, 4) is 0 Å². The molecule has 2 fully saturated rings. The first-order chi connectivity index (χ1) is 6.71. The van der Waals surface area contributed by atoms with Gasteiger partial charge in [0.15, 0.2) is 0 Å². The second-order valence-corrected chi connectivity index (χ2v) is 10.7. The molecule has 1 N–H and O–H groups in total. The summed E-state index contributed by atoms with van der Waals surface area (Å²) in [5.74, 6) is 0. The van der Waals surface area contributed by atoms with Gasteiger partial charge in [0.1, 0.15) is 0 Å². The molecule has 15 heavy (non-hydrogen) atoms. The zero-order valence-corrected chi connectivity index (χ0v) is 14.9. The minimum atomic E-state index is -0.319. The van der Waals surface area contributed by atoms with Gasteiger partial charge in [-0.1, -0.05) is 77.6 Å². The van der Waals surface area contributed by atoms with Crippen molar-refractivity contribution in [2.45, 2.75) is 45.7 Å². The molecule has 0 aromatic carbocycles. The molecular formula is C10H14Br4O. The zero-order chi connectivity index (χ0) is 11.6. The second kappa shape index (κ2) is 3.69. The molecule has 1 nitrogen and oxygen atoms in total. The molecule has 0 radical (unpaired) electrons. The fourth-order valence-corrected chi connectivity index (χ4v) is 8.98. The van der Waals surface area contributed by atoms with Crippen molar-refractivity contribution in [1.82, 2.24) is 0 Å². The zero-order valence-electron chi connectivity index (χ0n) is 8.61. The standard InChI is InChI=1S/C10H14Br4O/c1-8(2)6(15)10(14)4-3-9(8,5(10)11)7(12)13/h5-7,15H,3-4H2,1-2H3/t5-,6+,9+,10+/m0/s1. The van der Waals surface area contributed by atoms with Crippen molar-refractivity contribution in [2.24, 2.45) is 10.8 Å². The van der Waals surface area contributed by atoms with E-state index in [0.717, 1.165) is 12.8 Å². The number of alkyl halides is 4. The van der Waals surface area contributed by atoms with Gasteiger partial charge in [-0.2, -0.15) is 0 Å². The predicted octanol–water partition coefficient (Wildman–Crippen LogP) is 4.18. The van der Waals surface area contributed by atoms with Gasteiger partial charge in [-0.25, -0.2) is 0 Å². The lowest BCUT2D eigenvalue weighted by Crippen LogP contribution is -2.48. The van der Waals surface area contributed by atoms with Crippen molar-refractivity contribution >= 4 is 63.7 Å². The summed E-state index contributed by atoms with van der Waals surface area (Å²) in [4.78, 5) is 0.284. The van der Waals surface area contributed by atoms with E-state index >= 15 is 0 Å². The molecule has 0 aromatic heterocycles. The Morgan fingerprint density at radius 2 is 1.80 bits per heavy atom. The Labute approximate surface area is 124 Å². The maximum atomic E-state index is 10.5. The summed E-state index contributed by atoms with van der Waals surface area (Å²) in [6.07, 6.45) is 1.81. The third-order valence-corrected chi connectivity index (χ3v) is 9.69. The topological polar surface area (TPSA) is 20.2 Å². The summed E-state index contributed by atoms with van der Waals surface area (Å²) in [7, 11) is 0. The summed E-state index contributed by atoms with van der Waals surface area (Å²) in [5, 5.41) is 10.5. The van der Waals surface area contributed by atoms with Gasteiger partial charge in [0.25, 0.3) is 0 Å². The Kier molecular flexibility index (Phi) is 3.27. The van der Waals surface area contributed by atoms with Crippen LogP contribution in [0.3, 0.4) is 0 Å². The predicted molar refractivity (Wildman–Crippen MR) is 77.5 cm³/mol. The lowest BCUT2D eigenvalue weighted by Gasteiger charge is -2.46. The first-order valence-corrected chi connectivity index (χ1v) is 8.54. The van der Waals surface area contributed by atoms with Gasteiger partial charge in [-0.15, -0.1) is 0 Å². The Morgan fingerprint density at radius 3 is 2.07 bits per heavy atom. The molecule has 2 aliphatic carbocycles. The van der Waals surface area contributed by atoms with E-state index < -0.39 is 0 Å². The average Bonchev–Trinajstić information content (AvgIpc) is 2.45. The average molecular weight is 470 g/mol. The van der Waals surface area contributed by atoms with Crippen molar-refractivity contribution in [1.29, 1.82) is 0 Å². The maximum absolute atomic E-state index is 10.5. The van der Waals surface area contributed by atoms with E-state index in [1.807, 2.05) is 0 Å². The molecule has 0 aromatic rings. The van der Waals surface area contributed by atoms with Crippen LogP contribution in [0.25, 0.3) is 0 Å². The molecule has 2 aliphatic rings. The quantitative estimate of drug-likeness (QED) is 0.571. The summed E-state index contributed by atoms with van der Waals surface area (Å²) >= 11 is 14.9. The summed E-state index contributed by atoms with van der Waals surface area (Å²) < 4.78 is 0.0458. The number of hydrogen-bond donors (Lipinski definition) is 1. The van der Waals surface area contributed by atoms with Crippen LogP contribution in [0, 0.1) is 10.8 Å². The van der Waals surface area contributed by atoms with E-state index in [-0.39, 0.29) is 29.8 Å². The number of aliphatic hydroxyl groups excluding tert-OH is 1. The van der Waals surface area contributed by atoms with Crippen LogP contribution < -0.4 is 0 Å². The maximum Gasteiger partial charge on any atom is 0.0771 e. The molecule has 0 aliphatic heterocycles. The summed E-state index contributed by atoms with van der Waals surface area (Å²) in [5.41, 5.74) is -0.0590. The van der Waals surface area contributed by atoms with Crippen LogP contribution in [0.2, 0.25) is 0 Å². The van der Waals surface area contributed by atoms with Gasteiger partial charge in [0, 0.05) is 15.7 Å². The second-order valence-electron chi connectivity index (χ2n) is 5.25. The molecule has 0 heterocycles. The van der Waals surface area contributed by atoms with Crippen molar-refractivity contribution in [3.05, 3.63) is 0 Å². The molecule has 88 valence electrons. The molecule has 2 rings (SSSR count). The van der Waals surface area contributed by atoms with Crippen LogP contribution in [0.4, 0.5) is 0 Å². The minimum Gasteiger partial charge on any atom is -0.391 e. The van der Waals surface area contributed by atoms with E-state index in [1.165, 1.54) is 0 Å². The summed E-state index contributed by atoms with van der Waals surface area (Å²) in [6.45, 7) is 4.31. The van der Waals surface area contributed by atoms with E-state index in [4.69, 9.17) is 0 Å². The molecule has 0 spiro atoms. The van der Waals surface area contributed by atoms with E-state index in [2.05, 4.69) is 77.6 Å². The van der Waals surface area contributed by atoms with Crippen LogP contribution in [-0.4, -0.2) is 24.1 Å². The molecule has 2 bridgehead atoms. The first-order valence-electron chi connectivity index (χ1n) is 5.00. The van der Waals surface area contributed by atoms with Crippen LogP contribution >= 0.6 is 63.7 Å². The van der Waals surface area contributed by atoms with Gasteiger partial charge in [0.05, 0.1) is 14.2 Å². The lowest BCUT2D eigenvalue weighted by molar-refractivity contribution is -0.0213. The largest absolute Gasteiger partial charge is 0.391 e. The Balaban J connectivity index is 2.56. The van der Waals surface area contributed by atoms with Crippen LogP contribution in [0.15, 0.2) is 0 Å². The Bertz CT molecular complexity index is 293. The highest BCUT2D eigenvalue weighted by Crippen LogP contribution is 2.73. The molecule has 0 unspecified atom stereocenters. The van der Waals surface area contributed by atoms with Gasteiger partial charge in [0.2, 0.25) is 0 Å². The lowest BCUT2D eigenvalue weighted by atomic mass is 9.65. The van der Waals surface area contributed by atoms with Gasteiger partial charge < -0.3 is 5.11 Å². The first kappa shape index (κ1) is 13.3. The van der Waals surface area contributed by atoms with Crippen molar-refractivity contribution in [2.75, 3.05) is 0 Å². The molecule has 4 atom stereocenters. The molecule has 0 amide bonds. The number of hydrogen-bond acceptors (Lipinski definition) is 1. The number of fused-ring (bicyclic) bond motifs is 2. The smallest absolute Gasteiger partial charge is 0.0771 e. The van der Waals surface area contributed by atoms with Crippen LogP contribution in [0.5, 0.6) is 0 Å². The third-order valence-electron chi connectivity index (χ3n) is 4.52. The SMILES string of the molecule is CC1(C)[C@@H](O)[C@@]2(Br)CC[C@]1(C(Br)Br)[C@@H]2Br. The number of aliphatic hydroxyl groups is 1. The molecule has 5 heteroatoms. The minimum absolute atomic E-state index is 0.0515.